The third kappa shape index (κ3) is 0.349. The van der Waals surface area contributed by atoms with Crippen molar-refractivity contribution in [2.24, 2.45) is 27.6 Å². The van der Waals surface area contributed by atoms with E-state index in [0.29, 0.717) is 22.0 Å². The molecular weight excluding hydrogens is 172 g/mol. The van der Waals surface area contributed by atoms with E-state index in [9.17, 15) is 4.79 Å². The normalized spacial score (nSPS) is 71.9. The number of hydrogen-bond acceptors (Lipinski definition) is 1. The van der Waals surface area contributed by atoms with Gasteiger partial charge < -0.3 is 0 Å². The molecule has 14 heavy (non-hydrogen) atoms. The fourth-order valence-electron chi connectivity index (χ4n) is 6.80. The molecule has 0 heterocycles. The number of fused-ring (bicyclic) bond motifs is 1. The third-order valence-electron chi connectivity index (χ3n) is 6.83. The van der Waals surface area contributed by atoms with Crippen LogP contribution in [0.3, 0.4) is 0 Å². The van der Waals surface area contributed by atoms with E-state index in [4.69, 9.17) is 0 Å². The summed E-state index contributed by atoms with van der Waals surface area (Å²) in [6, 6.07) is 0. The van der Waals surface area contributed by atoms with Crippen LogP contribution in [-0.4, -0.2) is 5.78 Å². The van der Waals surface area contributed by atoms with Gasteiger partial charge in [-0.05, 0) is 41.4 Å². The Labute approximate surface area is 85.3 Å². The Balaban J connectivity index is 1.95. The summed E-state index contributed by atoms with van der Waals surface area (Å²) in [5.41, 5.74) is 1.65. The quantitative estimate of drug-likeness (QED) is 0.621. The Bertz CT molecular complexity index is 387. The third-order valence-corrected chi connectivity index (χ3v) is 6.83. The molecule has 4 aliphatic rings. The van der Waals surface area contributed by atoms with Crippen molar-refractivity contribution in [3.8, 4) is 0 Å². The van der Waals surface area contributed by atoms with Crippen LogP contribution in [0.25, 0.3) is 0 Å². The molecule has 1 spiro atoms. The lowest BCUT2D eigenvalue weighted by Crippen LogP contribution is -2.65. The van der Waals surface area contributed by atoms with Crippen molar-refractivity contribution in [1.82, 2.24) is 0 Å². The highest BCUT2D eigenvalue weighted by atomic mass is 16.1. The van der Waals surface area contributed by atoms with Gasteiger partial charge in [-0.3, -0.25) is 4.79 Å². The molecule has 4 saturated carbocycles. The second-order valence-corrected chi connectivity index (χ2v) is 6.76. The topological polar surface area (TPSA) is 17.1 Å². The zero-order valence-electron chi connectivity index (χ0n) is 9.31. The van der Waals surface area contributed by atoms with E-state index in [1.807, 2.05) is 0 Å². The molecule has 4 rings (SSSR count). The highest BCUT2D eigenvalue weighted by molar-refractivity contribution is 5.95. The molecule has 0 aromatic heterocycles. The predicted octanol–water partition coefficient (Wildman–Crippen LogP) is 2.79. The lowest BCUT2D eigenvalue weighted by molar-refractivity contribution is -0.207. The van der Waals surface area contributed by atoms with Crippen molar-refractivity contribution >= 4 is 5.78 Å². The summed E-state index contributed by atoms with van der Waals surface area (Å²) in [5.74, 6) is 1.53. The summed E-state index contributed by atoms with van der Waals surface area (Å²) in [7, 11) is 0. The van der Waals surface area contributed by atoms with Crippen LogP contribution in [0.1, 0.15) is 46.5 Å². The standard InChI is InChI=1S/C13H18O/c1-4-12-7-10(2)5-8-11(3,6-9(12)14)13(8,10)12/h8H,4-7H2,1-3H3. The highest BCUT2D eigenvalue weighted by Gasteiger charge is 3.01. The van der Waals surface area contributed by atoms with Crippen molar-refractivity contribution in [2.45, 2.75) is 46.5 Å². The Kier molecular flexibility index (Phi) is 0.859. The first kappa shape index (κ1) is 7.90. The van der Waals surface area contributed by atoms with Crippen LogP contribution < -0.4 is 0 Å². The molecule has 4 aliphatic carbocycles. The van der Waals surface area contributed by atoms with Gasteiger partial charge in [0.1, 0.15) is 5.78 Å². The second kappa shape index (κ2) is 1.52. The van der Waals surface area contributed by atoms with E-state index in [2.05, 4.69) is 20.8 Å². The van der Waals surface area contributed by atoms with Gasteiger partial charge in [0.15, 0.2) is 0 Å². The molecule has 0 N–H and O–H groups in total. The van der Waals surface area contributed by atoms with Gasteiger partial charge in [-0.25, -0.2) is 0 Å². The molecule has 76 valence electrons. The lowest BCUT2D eigenvalue weighted by Gasteiger charge is -2.68. The number of ketones is 1. The Morgan fingerprint density at radius 2 is 2.14 bits per heavy atom. The molecule has 0 aliphatic heterocycles. The van der Waals surface area contributed by atoms with Gasteiger partial charge in [-0.1, -0.05) is 20.8 Å². The van der Waals surface area contributed by atoms with Gasteiger partial charge in [0.2, 0.25) is 0 Å². The first-order valence-electron chi connectivity index (χ1n) is 6.02. The molecule has 5 unspecified atom stereocenters. The fraction of sp³-hybridized carbons (Fsp3) is 0.923. The van der Waals surface area contributed by atoms with Crippen molar-refractivity contribution in [2.75, 3.05) is 0 Å². The second-order valence-electron chi connectivity index (χ2n) is 6.76. The summed E-state index contributed by atoms with van der Waals surface area (Å²) in [6.45, 7) is 7.05. The zero-order chi connectivity index (χ0) is 9.98. The molecule has 0 aromatic carbocycles. The molecule has 5 atom stereocenters. The van der Waals surface area contributed by atoms with Gasteiger partial charge in [-0.2, -0.15) is 0 Å². The maximum absolute atomic E-state index is 12.1. The summed E-state index contributed by atoms with van der Waals surface area (Å²) in [4.78, 5) is 12.1. The van der Waals surface area contributed by atoms with Crippen LogP contribution in [0.2, 0.25) is 0 Å². The summed E-state index contributed by atoms with van der Waals surface area (Å²) in [6.07, 6.45) is 4.63. The molecule has 4 fully saturated rings. The van der Waals surface area contributed by atoms with Crippen molar-refractivity contribution < 1.29 is 4.79 Å². The number of Topliss-reactive ketones (excluding diaryl/α,β-unsaturated/α-hetero) is 1. The van der Waals surface area contributed by atoms with Crippen LogP contribution in [-0.2, 0) is 4.79 Å². The van der Waals surface area contributed by atoms with Crippen LogP contribution >= 0.6 is 0 Å². The zero-order valence-corrected chi connectivity index (χ0v) is 9.31. The van der Waals surface area contributed by atoms with E-state index < -0.39 is 0 Å². The minimum Gasteiger partial charge on any atom is -0.299 e. The van der Waals surface area contributed by atoms with Crippen molar-refractivity contribution in [3.05, 3.63) is 0 Å². The molecule has 1 nitrogen and oxygen atoms in total. The van der Waals surface area contributed by atoms with Gasteiger partial charge in [-0.15, -0.1) is 0 Å². The number of carbonyl (C=O) groups excluding carboxylic acids is 1. The summed E-state index contributed by atoms with van der Waals surface area (Å²) >= 11 is 0. The summed E-state index contributed by atoms with van der Waals surface area (Å²) < 4.78 is 0. The number of hydrogen-bond donors (Lipinski definition) is 0. The molecule has 0 radical (unpaired) electrons. The van der Waals surface area contributed by atoms with E-state index in [1.54, 1.807) is 0 Å². The van der Waals surface area contributed by atoms with Crippen LogP contribution in [0.15, 0.2) is 0 Å². The first-order chi connectivity index (χ1) is 6.48. The van der Waals surface area contributed by atoms with E-state index in [0.717, 1.165) is 18.8 Å². The van der Waals surface area contributed by atoms with Crippen LogP contribution in [0.5, 0.6) is 0 Å². The molecule has 0 bridgehead atoms. The van der Waals surface area contributed by atoms with Crippen molar-refractivity contribution in [3.63, 3.8) is 0 Å². The Hall–Kier alpha value is -0.330. The van der Waals surface area contributed by atoms with Gasteiger partial charge in [0.05, 0.1) is 0 Å². The minimum absolute atomic E-state index is 0.152. The first-order valence-corrected chi connectivity index (χ1v) is 6.02. The number of carbonyl (C=O) groups is 1. The predicted molar refractivity (Wildman–Crippen MR) is 53.7 cm³/mol. The molecule has 0 amide bonds. The largest absolute Gasteiger partial charge is 0.299 e. The molecule has 0 saturated heterocycles. The van der Waals surface area contributed by atoms with E-state index >= 15 is 0 Å². The van der Waals surface area contributed by atoms with Crippen molar-refractivity contribution in [1.29, 1.82) is 0 Å². The van der Waals surface area contributed by atoms with Gasteiger partial charge in [0.25, 0.3) is 0 Å². The monoisotopic (exact) mass is 190 g/mol. The smallest absolute Gasteiger partial charge is 0.140 e. The van der Waals surface area contributed by atoms with Crippen LogP contribution in [0.4, 0.5) is 0 Å². The number of rotatable bonds is 1. The fourth-order valence-corrected chi connectivity index (χ4v) is 6.80. The maximum atomic E-state index is 12.1. The minimum atomic E-state index is 0.152. The average molecular weight is 190 g/mol. The van der Waals surface area contributed by atoms with Crippen LogP contribution in [0, 0.1) is 27.6 Å². The van der Waals surface area contributed by atoms with E-state index in [1.165, 1.54) is 12.8 Å². The highest BCUT2D eigenvalue weighted by Crippen LogP contribution is 3.04. The molecule has 0 aromatic rings. The Morgan fingerprint density at radius 1 is 1.43 bits per heavy atom. The SMILES string of the molecule is CCC12CC3(C)CC4C(C)(CC1=O)C432. The summed E-state index contributed by atoms with van der Waals surface area (Å²) in [5, 5.41) is 0. The average Bonchev–Trinajstić information content (AvgIpc) is 2.53. The molecular formula is C13H18O. The Morgan fingerprint density at radius 3 is 2.64 bits per heavy atom. The van der Waals surface area contributed by atoms with Gasteiger partial charge in [0, 0.05) is 11.8 Å². The van der Waals surface area contributed by atoms with Gasteiger partial charge >= 0.3 is 0 Å². The maximum Gasteiger partial charge on any atom is 0.140 e. The lowest BCUT2D eigenvalue weighted by atomic mass is 9.35. The molecule has 1 heteroatoms. The van der Waals surface area contributed by atoms with E-state index in [-0.39, 0.29) is 5.41 Å².